The maximum absolute atomic E-state index is 12.3. The zero-order chi connectivity index (χ0) is 20.8. The van der Waals surface area contributed by atoms with Crippen LogP contribution in [-0.4, -0.2) is 43.8 Å². The van der Waals surface area contributed by atoms with Gasteiger partial charge >= 0.3 is 0 Å². The number of hydrogen-bond acceptors (Lipinski definition) is 7. The van der Waals surface area contributed by atoms with Crippen LogP contribution >= 0.6 is 0 Å². The van der Waals surface area contributed by atoms with E-state index in [2.05, 4.69) is 15.4 Å². The third-order valence-electron chi connectivity index (χ3n) is 5.84. The van der Waals surface area contributed by atoms with Crippen molar-refractivity contribution in [3.05, 3.63) is 30.1 Å². The summed E-state index contributed by atoms with van der Waals surface area (Å²) in [5.74, 6) is -0.0587. The first-order valence-corrected chi connectivity index (χ1v) is 9.32. The molecule has 1 aliphatic heterocycles. The summed E-state index contributed by atoms with van der Waals surface area (Å²) in [6, 6.07) is 6.73. The van der Waals surface area contributed by atoms with E-state index in [4.69, 9.17) is 11.0 Å². The molecule has 0 spiro atoms. The van der Waals surface area contributed by atoms with E-state index in [9.17, 15) is 14.7 Å². The number of aromatic nitrogens is 3. The number of aliphatic hydroxyl groups is 1. The number of nitrogens with zero attached hydrogens (tertiary/aromatic N) is 5. The van der Waals surface area contributed by atoms with Crippen LogP contribution in [0.25, 0.3) is 0 Å². The average Bonchev–Trinajstić information content (AvgIpc) is 3.15. The maximum Gasteiger partial charge on any atom is 0.273 e. The van der Waals surface area contributed by atoms with Crippen molar-refractivity contribution in [3.8, 4) is 6.07 Å². The van der Waals surface area contributed by atoms with Crippen molar-refractivity contribution in [1.29, 1.82) is 5.26 Å². The highest BCUT2D eigenvalue weighted by Crippen LogP contribution is 2.44. The molecule has 29 heavy (non-hydrogen) atoms. The number of aryl methyl sites for hydroxylation is 1. The average molecular weight is 395 g/mol. The largest absolute Gasteiger partial charge is 0.369 e. The monoisotopic (exact) mass is 395 g/mol. The molecule has 3 heterocycles. The van der Waals surface area contributed by atoms with Crippen molar-refractivity contribution in [3.63, 3.8) is 0 Å². The van der Waals surface area contributed by atoms with Crippen molar-refractivity contribution in [1.82, 2.24) is 14.8 Å². The van der Waals surface area contributed by atoms with E-state index in [0.29, 0.717) is 30.2 Å². The number of anilines is 3. The molecule has 1 aliphatic carbocycles. The lowest BCUT2D eigenvalue weighted by Crippen LogP contribution is -2.47. The SMILES string of the molecule is Cn1nc(Nc2cc(N3CC[C@](O)(C#N)C3=O)ccn2)cc1C1(C(N)=O)CCC1. The van der Waals surface area contributed by atoms with E-state index < -0.39 is 16.9 Å². The van der Waals surface area contributed by atoms with Gasteiger partial charge in [-0.1, -0.05) is 6.42 Å². The summed E-state index contributed by atoms with van der Waals surface area (Å²) in [4.78, 5) is 29.9. The molecule has 2 aliphatic rings. The standard InChI is InChI=1S/C19H21N7O3/c1-25-13(18(16(21)27)4-2-5-18)10-15(24-25)23-14-9-12(3-7-22-14)26-8-6-19(29,11-20)17(26)28/h3,7,9-10,29H,2,4-6,8H2,1H3,(H2,21,27)(H,22,23,24)/t19-/m0/s1. The van der Waals surface area contributed by atoms with Crippen LogP contribution in [-0.2, 0) is 22.1 Å². The van der Waals surface area contributed by atoms with Gasteiger partial charge in [0.2, 0.25) is 11.5 Å². The van der Waals surface area contributed by atoms with Crippen LogP contribution in [0.1, 0.15) is 31.4 Å². The molecule has 2 aromatic heterocycles. The molecule has 1 saturated carbocycles. The molecule has 150 valence electrons. The van der Waals surface area contributed by atoms with E-state index in [1.165, 1.54) is 11.1 Å². The Morgan fingerprint density at radius 2 is 2.10 bits per heavy atom. The van der Waals surface area contributed by atoms with E-state index in [1.807, 2.05) is 0 Å². The Hall–Kier alpha value is -3.45. The van der Waals surface area contributed by atoms with Crippen molar-refractivity contribution in [2.24, 2.45) is 12.8 Å². The lowest BCUT2D eigenvalue weighted by atomic mass is 9.66. The molecule has 4 rings (SSSR count). The van der Waals surface area contributed by atoms with Crippen molar-refractivity contribution >= 4 is 29.1 Å². The Balaban J connectivity index is 1.57. The lowest BCUT2D eigenvalue weighted by molar-refractivity contribution is -0.128. The molecule has 2 aromatic rings. The first kappa shape index (κ1) is 18.9. The number of carbonyl (C=O) groups excluding carboxylic acids is 2. The normalized spacial score (nSPS) is 22.8. The predicted octanol–water partition coefficient (Wildman–Crippen LogP) is 0.457. The molecule has 0 bridgehead atoms. The first-order valence-electron chi connectivity index (χ1n) is 9.32. The number of nitrogens with two attached hydrogens (primary N) is 1. The van der Waals surface area contributed by atoms with E-state index >= 15 is 0 Å². The van der Waals surface area contributed by atoms with Crippen LogP contribution in [0.4, 0.5) is 17.3 Å². The van der Waals surface area contributed by atoms with Gasteiger partial charge in [0.25, 0.3) is 5.91 Å². The first-order chi connectivity index (χ1) is 13.8. The molecule has 0 aromatic carbocycles. The minimum atomic E-state index is -1.99. The van der Waals surface area contributed by atoms with Crippen molar-refractivity contribution in [2.75, 3.05) is 16.8 Å². The molecule has 10 heteroatoms. The maximum atomic E-state index is 12.3. The number of rotatable bonds is 5. The van der Waals surface area contributed by atoms with Gasteiger partial charge in [-0.2, -0.15) is 10.4 Å². The third kappa shape index (κ3) is 2.91. The minimum Gasteiger partial charge on any atom is -0.369 e. The molecule has 1 saturated heterocycles. The quantitative estimate of drug-likeness (QED) is 0.622. The molecule has 0 radical (unpaired) electrons. The van der Waals surface area contributed by atoms with E-state index in [-0.39, 0.29) is 18.9 Å². The summed E-state index contributed by atoms with van der Waals surface area (Å²) in [5.41, 5.74) is 4.24. The minimum absolute atomic E-state index is 0.0478. The van der Waals surface area contributed by atoms with E-state index in [1.54, 1.807) is 36.0 Å². The van der Waals surface area contributed by atoms with Gasteiger partial charge in [0.05, 0.1) is 11.1 Å². The third-order valence-corrected chi connectivity index (χ3v) is 5.84. The highest BCUT2D eigenvalue weighted by atomic mass is 16.3. The number of hydrogen-bond donors (Lipinski definition) is 3. The predicted molar refractivity (Wildman–Crippen MR) is 103 cm³/mol. The summed E-state index contributed by atoms with van der Waals surface area (Å²) in [7, 11) is 1.76. The van der Waals surface area contributed by atoms with Gasteiger partial charge in [-0.25, -0.2) is 4.98 Å². The van der Waals surface area contributed by atoms with Crippen LogP contribution in [0.5, 0.6) is 0 Å². The lowest BCUT2D eigenvalue weighted by Gasteiger charge is -2.38. The molecule has 0 unspecified atom stereocenters. The molecule has 1 atom stereocenters. The summed E-state index contributed by atoms with van der Waals surface area (Å²) in [6.45, 7) is 0.237. The molecular formula is C19H21N7O3. The summed E-state index contributed by atoms with van der Waals surface area (Å²) < 4.78 is 1.65. The highest BCUT2D eigenvalue weighted by Gasteiger charge is 2.47. The smallest absolute Gasteiger partial charge is 0.273 e. The van der Waals surface area contributed by atoms with E-state index in [0.717, 1.165) is 12.1 Å². The second-order valence-corrected chi connectivity index (χ2v) is 7.54. The topological polar surface area (TPSA) is 150 Å². The Morgan fingerprint density at radius 3 is 2.69 bits per heavy atom. The fourth-order valence-electron chi connectivity index (χ4n) is 3.98. The second kappa shape index (κ2) is 6.56. The van der Waals surface area contributed by atoms with Gasteiger partial charge in [0.1, 0.15) is 11.9 Å². The fourth-order valence-corrected chi connectivity index (χ4v) is 3.98. The Kier molecular flexibility index (Phi) is 4.28. The number of nitrogens with one attached hydrogen (secondary N) is 1. The number of carbonyl (C=O) groups is 2. The number of pyridine rings is 1. The van der Waals surface area contributed by atoms with Gasteiger partial charge in [-0.05, 0) is 18.9 Å². The van der Waals surface area contributed by atoms with Gasteiger partial charge in [-0.3, -0.25) is 14.3 Å². The van der Waals surface area contributed by atoms with Crippen LogP contribution in [0.3, 0.4) is 0 Å². The van der Waals surface area contributed by atoms with Crippen LogP contribution in [0.2, 0.25) is 0 Å². The molecule has 10 nitrogen and oxygen atoms in total. The highest BCUT2D eigenvalue weighted by molar-refractivity contribution is 6.03. The van der Waals surface area contributed by atoms with Gasteiger partial charge < -0.3 is 21.1 Å². The zero-order valence-corrected chi connectivity index (χ0v) is 15.9. The number of primary amides is 1. The fraction of sp³-hybridized carbons (Fsp3) is 0.421. The number of amides is 2. The zero-order valence-electron chi connectivity index (χ0n) is 15.9. The number of nitriles is 1. The second-order valence-electron chi connectivity index (χ2n) is 7.54. The summed E-state index contributed by atoms with van der Waals surface area (Å²) in [6.07, 6.45) is 3.92. The van der Waals surface area contributed by atoms with Crippen molar-refractivity contribution in [2.45, 2.75) is 36.7 Å². The van der Waals surface area contributed by atoms with Crippen LogP contribution in [0, 0.1) is 11.3 Å². The van der Waals surface area contributed by atoms with Crippen molar-refractivity contribution < 1.29 is 14.7 Å². The molecule has 2 fully saturated rings. The Bertz CT molecular complexity index is 1040. The molecule has 4 N–H and O–H groups in total. The Labute approximate surface area is 166 Å². The van der Waals surface area contributed by atoms with Gasteiger partial charge in [0, 0.05) is 44.0 Å². The summed E-state index contributed by atoms with van der Waals surface area (Å²) in [5, 5.41) is 26.6. The Morgan fingerprint density at radius 1 is 1.34 bits per heavy atom. The summed E-state index contributed by atoms with van der Waals surface area (Å²) >= 11 is 0. The molecule has 2 amide bonds. The van der Waals surface area contributed by atoms with Gasteiger partial charge in [0.15, 0.2) is 5.82 Å². The molecular weight excluding hydrogens is 374 g/mol. The van der Waals surface area contributed by atoms with Crippen LogP contribution < -0.4 is 16.0 Å². The van der Waals surface area contributed by atoms with Gasteiger partial charge in [-0.15, -0.1) is 0 Å². The van der Waals surface area contributed by atoms with Crippen LogP contribution in [0.15, 0.2) is 24.4 Å².